The molecule has 6 nitrogen and oxygen atoms in total. The quantitative estimate of drug-likeness (QED) is 0.726. The molecule has 4 rings (SSSR count). The van der Waals surface area contributed by atoms with Crippen molar-refractivity contribution in [2.75, 3.05) is 39.3 Å². The van der Waals surface area contributed by atoms with E-state index >= 15 is 0 Å². The van der Waals surface area contributed by atoms with E-state index < -0.39 is 0 Å². The van der Waals surface area contributed by atoms with Gasteiger partial charge < -0.3 is 10.0 Å². The molecule has 0 atom stereocenters. The van der Waals surface area contributed by atoms with Crippen LogP contribution in [0.15, 0.2) is 30.3 Å². The van der Waals surface area contributed by atoms with E-state index in [2.05, 4.69) is 10.00 Å². The van der Waals surface area contributed by atoms with Gasteiger partial charge in [0.1, 0.15) is 4.83 Å². The van der Waals surface area contributed by atoms with E-state index in [-0.39, 0.29) is 12.5 Å². The fourth-order valence-electron chi connectivity index (χ4n) is 3.41. The lowest BCUT2D eigenvalue weighted by Gasteiger charge is -2.34. The third-order valence-electron chi connectivity index (χ3n) is 4.91. The minimum absolute atomic E-state index is 0.0601. The van der Waals surface area contributed by atoms with E-state index in [1.165, 1.54) is 11.3 Å². The molecule has 142 valence electrons. The second kappa shape index (κ2) is 7.59. The Labute approximate surface area is 166 Å². The molecule has 1 amide bonds. The van der Waals surface area contributed by atoms with Gasteiger partial charge in [-0.25, -0.2) is 4.68 Å². The number of benzene rings is 1. The third-order valence-corrected chi connectivity index (χ3v) is 6.33. The van der Waals surface area contributed by atoms with Crippen molar-refractivity contribution in [2.24, 2.45) is 0 Å². The first-order valence-electron chi connectivity index (χ1n) is 8.95. The Morgan fingerprint density at radius 3 is 2.70 bits per heavy atom. The van der Waals surface area contributed by atoms with Gasteiger partial charge in [0.05, 0.1) is 27.9 Å². The third kappa shape index (κ3) is 3.48. The maximum absolute atomic E-state index is 13.0. The molecule has 1 aromatic carbocycles. The van der Waals surface area contributed by atoms with Crippen LogP contribution in [-0.4, -0.2) is 69.9 Å². The van der Waals surface area contributed by atoms with Gasteiger partial charge in [-0.05, 0) is 25.1 Å². The molecule has 0 unspecified atom stereocenters. The Bertz CT molecular complexity index is 975. The van der Waals surface area contributed by atoms with Gasteiger partial charge in [0.25, 0.3) is 5.91 Å². The van der Waals surface area contributed by atoms with Crippen molar-refractivity contribution in [1.29, 1.82) is 0 Å². The maximum atomic E-state index is 13.0. The lowest BCUT2D eigenvalue weighted by Crippen LogP contribution is -2.49. The molecule has 8 heteroatoms. The highest BCUT2D eigenvalue weighted by Crippen LogP contribution is 2.33. The van der Waals surface area contributed by atoms with Crippen LogP contribution >= 0.6 is 22.9 Å². The number of carbonyl (C=O) groups excluding carboxylic acids is 1. The monoisotopic (exact) mass is 404 g/mol. The molecular weight excluding hydrogens is 384 g/mol. The molecule has 1 aliphatic rings. The van der Waals surface area contributed by atoms with E-state index in [0.717, 1.165) is 39.6 Å². The van der Waals surface area contributed by atoms with Gasteiger partial charge in [-0.1, -0.05) is 23.7 Å². The Balaban J connectivity index is 1.62. The standard InChI is InChI=1S/C19H21ClN4O2S/c1-13-14-12-17(18(26)23-8-6-22(7-9-23)10-11-25)27-19(14)24(21-13)16-5-3-2-4-15(16)20/h2-5,12,25H,6-11H2,1H3. The zero-order valence-electron chi connectivity index (χ0n) is 15.1. The number of halogens is 1. The van der Waals surface area contributed by atoms with E-state index in [9.17, 15) is 4.79 Å². The normalized spacial score (nSPS) is 15.6. The number of fused-ring (bicyclic) bond motifs is 1. The average molecular weight is 405 g/mol. The Hall–Kier alpha value is -1.93. The number of piperazine rings is 1. The van der Waals surface area contributed by atoms with E-state index in [1.807, 2.05) is 46.8 Å². The van der Waals surface area contributed by atoms with Gasteiger partial charge in [-0.2, -0.15) is 5.10 Å². The molecule has 0 radical (unpaired) electrons. The Morgan fingerprint density at radius 1 is 1.26 bits per heavy atom. The summed E-state index contributed by atoms with van der Waals surface area (Å²) in [4.78, 5) is 18.7. The number of amides is 1. The van der Waals surface area contributed by atoms with Gasteiger partial charge in [0, 0.05) is 38.1 Å². The lowest BCUT2D eigenvalue weighted by molar-refractivity contribution is 0.0619. The van der Waals surface area contributed by atoms with Crippen molar-refractivity contribution in [3.05, 3.63) is 45.9 Å². The van der Waals surface area contributed by atoms with E-state index in [0.29, 0.717) is 24.7 Å². The van der Waals surface area contributed by atoms with Crippen LogP contribution in [0.5, 0.6) is 0 Å². The molecule has 1 fully saturated rings. The number of thiophene rings is 1. The summed E-state index contributed by atoms with van der Waals surface area (Å²) in [7, 11) is 0. The largest absolute Gasteiger partial charge is 0.395 e. The molecule has 3 heterocycles. The van der Waals surface area contributed by atoms with Crippen LogP contribution in [0.3, 0.4) is 0 Å². The Kier molecular flexibility index (Phi) is 5.19. The van der Waals surface area contributed by atoms with Crippen LogP contribution in [-0.2, 0) is 0 Å². The molecule has 2 aromatic heterocycles. The minimum atomic E-state index is 0.0601. The summed E-state index contributed by atoms with van der Waals surface area (Å²) in [5.74, 6) is 0.0601. The van der Waals surface area contributed by atoms with Crippen LogP contribution in [0.4, 0.5) is 0 Å². The highest BCUT2D eigenvalue weighted by atomic mass is 35.5. The molecule has 1 aliphatic heterocycles. The predicted molar refractivity (Wildman–Crippen MR) is 108 cm³/mol. The van der Waals surface area contributed by atoms with Crippen LogP contribution in [0.1, 0.15) is 15.4 Å². The van der Waals surface area contributed by atoms with Crippen molar-refractivity contribution in [1.82, 2.24) is 19.6 Å². The Morgan fingerprint density at radius 2 is 2.00 bits per heavy atom. The highest BCUT2D eigenvalue weighted by molar-refractivity contribution is 7.20. The summed E-state index contributed by atoms with van der Waals surface area (Å²) in [5.41, 5.74) is 1.70. The topological polar surface area (TPSA) is 61.6 Å². The number of carbonyl (C=O) groups is 1. The number of aliphatic hydroxyl groups excluding tert-OH is 1. The van der Waals surface area contributed by atoms with E-state index in [1.54, 1.807) is 0 Å². The van der Waals surface area contributed by atoms with E-state index in [4.69, 9.17) is 16.7 Å². The molecular formula is C19H21ClN4O2S. The number of aryl methyl sites for hydroxylation is 1. The number of hydrogen-bond acceptors (Lipinski definition) is 5. The van der Waals surface area contributed by atoms with Crippen molar-refractivity contribution >= 4 is 39.1 Å². The second-order valence-electron chi connectivity index (χ2n) is 6.64. The second-order valence-corrected chi connectivity index (χ2v) is 8.07. The number of para-hydroxylation sites is 1. The predicted octanol–water partition coefficient (Wildman–Crippen LogP) is 2.80. The first-order chi connectivity index (χ1) is 13.1. The number of hydrogen-bond donors (Lipinski definition) is 1. The molecule has 0 saturated carbocycles. The number of nitrogens with zero attached hydrogens (tertiary/aromatic N) is 4. The van der Waals surface area contributed by atoms with Gasteiger partial charge >= 0.3 is 0 Å². The fraction of sp³-hybridized carbons (Fsp3) is 0.368. The maximum Gasteiger partial charge on any atom is 0.264 e. The first kappa shape index (κ1) is 18.4. The summed E-state index contributed by atoms with van der Waals surface area (Å²) in [6.07, 6.45) is 0. The molecule has 1 saturated heterocycles. The van der Waals surface area contributed by atoms with Crippen LogP contribution < -0.4 is 0 Å². The average Bonchev–Trinajstić information content (AvgIpc) is 3.23. The van der Waals surface area contributed by atoms with Gasteiger partial charge in [-0.15, -0.1) is 11.3 Å². The smallest absolute Gasteiger partial charge is 0.264 e. The summed E-state index contributed by atoms with van der Waals surface area (Å²) >= 11 is 7.80. The minimum Gasteiger partial charge on any atom is -0.395 e. The number of β-amino-alcohol motifs (C(OH)–C–C–N with tert-alkyl or cyclic N) is 1. The van der Waals surface area contributed by atoms with Gasteiger partial charge in [-0.3, -0.25) is 9.69 Å². The van der Waals surface area contributed by atoms with Gasteiger partial charge in [0.15, 0.2) is 0 Å². The van der Waals surface area contributed by atoms with Crippen molar-refractivity contribution < 1.29 is 9.90 Å². The summed E-state index contributed by atoms with van der Waals surface area (Å²) < 4.78 is 1.83. The van der Waals surface area contributed by atoms with Crippen molar-refractivity contribution in [3.63, 3.8) is 0 Å². The van der Waals surface area contributed by atoms with Crippen LogP contribution in [0.25, 0.3) is 15.9 Å². The zero-order chi connectivity index (χ0) is 19.0. The van der Waals surface area contributed by atoms with Crippen LogP contribution in [0, 0.1) is 6.92 Å². The molecule has 0 bridgehead atoms. The van der Waals surface area contributed by atoms with Crippen molar-refractivity contribution in [3.8, 4) is 5.69 Å². The number of rotatable bonds is 4. The zero-order valence-corrected chi connectivity index (χ0v) is 16.6. The molecule has 0 spiro atoms. The summed E-state index contributed by atoms with van der Waals surface area (Å²) in [5, 5.41) is 15.3. The summed E-state index contributed by atoms with van der Waals surface area (Å²) in [6.45, 7) is 5.73. The van der Waals surface area contributed by atoms with Crippen molar-refractivity contribution in [2.45, 2.75) is 6.92 Å². The summed E-state index contributed by atoms with van der Waals surface area (Å²) in [6, 6.07) is 9.52. The highest BCUT2D eigenvalue weighted by Gasteiger charge is 2.25. The molecule has 1 N–H and O–H groups in total. The first-order valence-corrected chi connectivity index (χ1v) is 10.1. The van der Waals surface area contributed by atoms with Crippen LogP contribution in [0.2, 0.25) is 5.02 Å². The SMILES string of the molecule is Cc1nn(-c2ccccc2Cl)c2sc(C(=O)N3CCN(CCO)CC3)cc12. The molecule has 27 heavy (non-hydrogen) atoms. The number of aliphatic hydroxyl groups is 1. The lowest BCUT2D eigenvalue weighted by atomic mass is 10.2. The molecule has 3 aromatic rings. The molecule has 0 aliphatic carbocycles. The van der Waals surface area contributed by atoms with Gasteiger partial charge in [0.2, 0.25) is 0 Å². The number of aromatic nitrogens is 2. The fourth-order valence-corrected chi connectivity index (χ4v) is 4.77.